The van der Waals surface area contributed by atoms with Gasteiger partial charge in [-0.3, -0.25) is 9.48 Å². The second kappa shape index (κ2) is 10.9. The Morgan fingerprint density at radius 3 is 2.52 bits per heavy atom. The van der Waals surface area contributed by atoms with Gasteiger partial charge in [-0.15, -0.1) is 24.8 Å². The van der Waals surface area contributed by atoms with Crippen molar-refractivity contribution >= 4 is 41.8 Å². The van der Waals surface area contributed by atoms with Crippen LogP contribution in [0.5, 0.6) is 0 Å². The van der Waals surface area contributed by atoms with Crippen molar-refractivity contribution in [1.82, 2.24) is 25.0 Å². The van der Waals surface area contributed by atoms with E-state index in [4.69, 9.17) is 4.98 Å². The van der Waals surface area contributed by atoms with Crippen LogP contribution in [0.2, 0.25) is 0 Å². The molecule has 0 spiro atoms. The van der Waals surface area contributed by atoms with Crippen LogP contribution < -0.4 is 5.32 Å². The Morgan fingerprint density at radius 2 is 1.87 bits per heavy atom. The summed E-state index contributed by atoms with van der Waals surface area (Å²) in [4.78, 5) is 20.8. The number of amides is 1. The smallest absolute Gasteiger partial charge is 0.255 e. The summed E-state index contributed by atoms with van der Waals surface area (Å²) in [7, 11) is 1.89. The number of carbonyl (C=O) groups is 1. The molecule has 0 saturated carbocycles. The zero-order valence-corrected chi connectivity index (χ0v) is 19.9. The fourth-order valence-electron chi connectivity index (χ4n) is 4.33. The van der Waals surface area contributed by atoms with Crippen LogP contribution in [0.3, 0.4) is 0 Å². The van der Waals surface area contributed by atoms with E-state index in [-0.39, 0.29) is 36.8 Å². The number of piperidine rings is 1. The highest BCUT2D eigenvalue weighted by molar-refractivity contribution is 6.07. The second-order valence-corrected chi connectivity index (χ2v) is 7.81. The maximum absolute atomic E-state index is 13.8. The SMILES string of the molecule is CCCN(C(=O)c1cc(-c2ccccc2)nc2c1c(C)nn2C)C1CCNCC1.Cl.Cl. The normalized spacial score (nSPS) is 14.0. The summed E-state index contributed by atoms with van der Waals surface area (Å²) in [5.74, 6) is 0.0967. The maximum Gasteiger partial charge on any atom is 0.255 e. The van der Waals surface area contributed by atoms with Gasteiger partial charge in [-0.25, -0.2) is 4.98 Å². The third-order valence-electron chi connectivity index (χ3n) is 5.74. The van der Waals surface area contributed by atoms with Gasteiger partial charge in [-0.2, -0.15) is 5.10 Å². The van der Waals surface area contributed by atoms with Crippen LogP contribution in [0, 0.1) is 6.92 Å². The lowest BCUT2D eigenvalue weighted by molar-refractivity contribution is 0.0644. The number of pyridine rings is 1. The van der Waals surface area contributed by atoms with E-state index in [1.54, 1.807) is 4.68 Å². The molecule has 0 radical (unpaired) electrons. The zero-order chi connectivity index (χ0) is 20.4. The highest BCUT2D eigenvalue weighted by atomic mass is 35.5. The number of aromatic nitrogens is 3. The van der Waals surface area contributed by atoms with E-state index in [0.29, 0.717) is 5.56 Å². The van der Waals surface area contributed by atoms with E-state index in [2.05, 4.69) is 22.2 Å². The molecule has 1 fully saturated rings. The monoisotopic (exact) mass is 463 g/mol. The summed E-state index contributed by atoms with van der Waals surface area (Å²) >= 11 is 0. The molecule has 168 valence electrons. The molecule has 2 aromatic heterocycles. The molecule has 1 aliphatic heterocycles. The standard InChI is InChI=1S/C23H29N5O.2ClH/c1-4-14-28(18-10-12-24-13-11-18)23(29)19-15-20(17-8-6-5-7-9-17)25-22-21(19)16(2)26-27(22)3;;/h5-9,15,18,24H,4,10-14H2,1-3H3;2*1H. The van der Waals surface area contributed by atoms with Crippen molar-refractivity contribution in [2.45, 2.75) is 39.2 Å². The van der Waals surface area contributed by atoms with Gasteiger partial charge in [0.15, 0.2) is 5.65 Å². The number of hydrogen-bond donors (Lipinski definition) is 1. The molecule has 1 aliphatic rings. The van der Waals surface area contributed by atoms with E-state index >= 15 is 0 Å². The Morgan fingerprint density at radius 1 is 1.19 bits per heavy atom. The van der Waals surface area contributed by atoms with E-state index in [1.807, 2.05) is 50.4 Å². The molecule has 0 atom stereocenters. The fourth-order valence-corrected chi connectivity index (χ4v) is 4.33. The first-order valence-corrected chi connectivity index (χ1v) is 10.5. The number of halogens is 2. The van der Waals surface area contributed by atoms with Crippen LogP contribution in [0.25, 0.3) is 22.3 Å². The van der Waals surface area contributed by atoms with E-state index in [9.17, 15) is 4.79 Å². The lowest BCUT2D eigenvalue weighted by atomic mass is 10.0. The summed E-state index contributed by atoms with van der Waals surface area (Å²) in [6.45, 7) is 6.79. The zero-order valence-electron chi connectivity index (χ0n) is 18.3. The summed E-state index contributed by atoms with van der Waals surface area (Å²) in [6.07, 6.45) is 2.94. The van der Waals surface area contributed by atoms with Gasteiger partial charge < -0.3 is 10.2 Å². The van der Waals surface area contributed by atoms with Gasteiger partial charge in [-0.1, -0.05) is 37.3 Å². The van der Waals surface area contributed by atoms with Gasteiger partial charge in [0.25, 0.3) is 5.91 Å². The topological polar surface area (TPSA) is 63.1 Å². The van der Waals surface area contributed by atoms with Crippen LogP contribution in [-0.2, 0) is 7.05 Å². The molecule has 1 saturated heterocycles. The number of benzene rings is 1. The van der Waals surface area contributed by atoms with E-state index in [1.165, 1.54) is 0 Å². The summed E-state index contributed by atoms with van der Waals surface area (Å²) in [6, 6.07) is 12.3. The quantitative estimate of drug-likeness (QED) is 0.609. The summed E-state index contributed by atoms with van der Waals surface area (Å²) in [5.41, 5.74) is 4.14. The van der Waals surface area contributed by atoms with Gasteiger partial charge >= 0.3 is 0 Å². The molecular weight excluding hydrogens is 433 g/mol. The molecule has 0 aliphatic carbocycles. The van der Waals surface area contributed by atoms with Crippen LogP contribution in [0.1, 0.15) is 42.2 Å². The number of fused-ring (bicyclic) bond motifs is 1. The lowest BCUT2D eigenvalue weighted by Gasteiger charge is -2.35. The minimum Gasteiger partial charge on any atom is -0.336 e. The average molecular weight is 464 g/mol. The largest absolute Gasteiger partial charge is 0.336 e. The van der Waals surface area contributed by atoms with Crippen molar-refractivity contribution in [3.63, 3.8) is 0 Å². The first-order valence-electron chi connectivity index (χ1n) is 10.5. The maximum atomic E-state index is 13.8. The predicted molar refractivity (Wildman–Crippen MR) is 130 cm³/mol. The highest BCUT2D eigenvalue weighted by Gasteiger charge is 2.28. The number of rotatable bonds is 5. The van der Waals surface area contributed by atoms with Crippen LogP contribution >= 0.6 is 24.8 Å². The number of hydrogen-bond acceptors (Lipinski definition) is 4. The minimum atomic E-state index is 0. The summed E-state index contributed by atoms with van der Waals surface area (Å²) in [5, 5.41) is 8.83. The van der Waals surface area contributed by atoms with Crippen LogP contribution in [0.4, 0.5) is 0 Å². The molecule has 31 heavy (non-hydrogen) atoms. The highest BCUT2D eigenvalue weighted by Crippen LogP contribution is 2.29. The Hall–Kier alpha value is -2.15. The van der Waals surface area contributed by atoms with Crippen LogP contribution in [-0.4, -0.2) is 51.2 Å². The fraction of sp³-hybridized carbons (Fsp3) is 0.435. The molecule has 4 rings (SSSR count). The van der Waals surface area contributed by atoms with Gasteiger partial charge in [0.1, 0.15) is 0 Å². The van der Waals surface area contributed by atoms with Crippen molar-refractivity contribution in [2.75, 3.05) is 19.6 Å². The molecule has 3 heterocycles. The van der Waals surface area contributed by atoms with Gasteiger partial charge in [-0.05, 0) is 45.3 Å². The first-order chi connectivity index (χ1) is 14.1. The van der Waals surface area contributed by atoms with Crippen molar-refractivity contribution in [3.05, 3.63) is 47.7 Å². The molecule has 1 aromatic carbocycles. The van der Waals surface area contributed by atoms with Gasteiger partial charge in [0.05, 0.1) is 22.3 Å². The third kappa shape index (κ3) is 5.03. The van der Waals surface area contributed by atoms with Crippen molar-refractivity contribution in [3.8, 4) is 11.3 Å². The molecule has 6 nitrogen and oxygen atoms in total. The van der Waals surface area contributed by atoms with Crippen LogP contribution in [0.15, 0.2) is 36.4 Å². The van der Waals surface area contributed by atoms with Gasteiger partial charge in [0.2, 0.25) is 0 Å². The molecule has 8 heteroatoms. The Labute approximate surface area is 196 Å². The number of carbonyl (C=O) groups excluding carboxylic acids is 1. The average Bonchev–Trinajstić information content (AvgIpc) is 3.05. The lowest BCUT2D eigenvalue weighted by Crippen LogP contribution is -2.46. The van der Waals surface area contributed by atoms with E-state index in [0.717, 1.165) is 66.9 Å². The predicted octanol–water partition coefficient (Wildman–Crippen LogP) is 4.39. The van der Waals surface area contributed by atoms with Crippen molar-refractivity contribution in [1.29, 1.82) is 0 Å². The number of nitrogens with zero attached hydrogens (tertiary/aromatic N) is 4. The third-order valence-corrected chi connectivity index (χ3v) is 5.74. The molecule has 1 N–H and O–H groups in total. The number of aryl methyl sites for hydroxylation is 2. The minimum absolute atomic E-state index is 0. The Bertz CT molecular complexity index is 1020. The molecule has 3 aromatic rings. The van der Waals surface area contributed by atoms with Crippen molar-refractivity contribution in [2.24, 2.45) is 7.05 Å². The first kappa shape index (κ1) is 25.1. The Balaban J connectivity index is 0.00000171. The Kier molecular flexibility index (Phi) is 8.86. The molecule has 0 unspecified atom stereocenters. The van der Waals surface area contributed by atoms with Gasteiger partial charge in [0, 0.05) is 25.2 Å². The molecule has 0 bridgehead atoms. The van der Waals surface area contributed by atoms with Crippen molar-refractivity contribution < 1.29 is 4.79 Å². The van der Waals surface area contributed by atoms with E-state index < -0.39 is 0 Å². The number of nitrogens with one attached hydrogen (secondary N) is 1. The molecular formula is C23H31Cl2N5O. The molecule has 1 amide bonds. The second-order valence-electron chi connectivity index (χ2n) is 7.81. The summed E-state index contributed by atoms with van der Waals surface area (Å²) < 4.78 is 1.78.